The van der Waals surface area contributed by atoms with Crippen LogP contribution in [0.15, 0.2) is 15.8 Å². The third-order valence-corrected chi connectivity index (χ3v) is 14.7. The summed E-state index contributed by atoms with van der Waals surface area (Å²) in [7, 11) is -4.53. The molecule has 0 radical (unpaired) electrons. The lowest BCUT2D eigenvalue weighted by atomic mass is 9.45. The molecule has 4 aliphatic carbocycles. The first-order valence-corrected chi connectivity index (χ1v) is 21.1. The fourth-order valence-corrected chi connectivity index (χ4v) is 11.7. The van der Waals surface area contributed by atoms with E-state index in [9.17, 15) is 33.4 Å². The zero-order chi connectivity index (χ0) is 37.8. The number of phosphoric acid groups is 1. The van der Waals surface area contributed by atoms with Crippen LogP contribution in [0.1, 0.15) is 118 Å². The van der Waals surface area contributed by atoms with E-state index < -0.39 is 61.7 Å². The number of ketones is 1. The molecule has 16 heteroatoms. The van der Waals surface area contributed by atoms with Crippen molar-refractivity contribution in [2.45, 2.75) is 142 Å². The van der Waals surface area contributed by atoms with Gasteiger partial charge in [-0.05, 0) is 117 Å². The highest BCUT2D eigenvalue weighted by Crippen LogP contribution is 2.66. The van der Waals surface area contributed by atoms with Gasteiger partial charge in [-0.3, -0.25) is 37.8 Å². The van der Waals surface area contributed by atoms with Gasteiger partial charge in [-0.2, -0.15) is 0 Å². The van der Waals surface area contributed by atoms with Crippen LogP contribution in [-0.2, 0) is 42.2 Å². The summed E-state index contributed by atoms with van der Waals surface area (Å²) in [6, 6.07) is 0. The molecule has 1 aliphatic heterocycles. The number of Topliss-reactive ketones (excluding diaryl/α,β-unsaturated/α-hetero) is 1. The number of rotatable bonds is 10. The number of aromatic amines is 1. The Morgan fingerprint density at radius 1 is 1.02 bits per heavy atom. The topological polar surface area (TPSA) is 190 Å². The summed E-state index contributed by atoms with van der Waals surface area (Å²) in [5, 5.41) is 0. The number of esters is 2. The molecule has 1 aromatic rings. The van der Waals surface area contributed by atoms with Gasteiger partial charge in [0.05, 0.1) is 28.6 Å². The molecule has 11 atom stereocenters. The highest BCUT2D eigenvalue weighted by atomic mass is 125. The van der Waals surface area contributed by atoms with E-state index in [1.165, 1.54) is 6.20 Å². The maximum atomic E-state index is 13.2. The lowest BCUT2D eigenvalue weighted by Gasteiger charge is -2.60. The summed E-state index contributed by atoms with van der Waals surface area (Å²) in [6.45, 7) is 8.93. The molecule has 5 fully saturated rings. The highest BCUT2D eigenvalue weighted by molar-refractivity contribution is 14.1. The van der Waals surface area contributed by atoms with E-state index in [1.54, 1.807) is 43.4 Å². The van der Waals surface area contributed by atoms with E-state index >= 15 is 0 Å². The van der Waals surface area contributed by atoms with Crippen molar-refractivity contribution < 1.29 is 47.1 Å². The number of hydrogen-bond acceptors (Lipinski definition) is 11. The fourth-order valence-electron chi connectivity index (χ4n) is 10.2. The van der Waals surface area contributed by atoms with Gasteiger partial charge in [0, 0.05) is 30.9 Å². The minimum Gasteiger partial charge on any atom is -0.462 e. The predicted octanol–water partition coefficient (Wildman–Crippen LogP) is 5.58. The van der Waals surface area contributed by atoms with Gasteiger partial charge in [-0.1, -0.05) is 13.8 Å². The predicted molar refractivity (Wildman–Crippen MR) is 195 cm³/mol. The number of nitrogens with zero attached hydrogens (tertiary/aromatic N) is 1. The van der Waals surface area contributed by atoms with Crippen molar-refractivity contribution in [3.05, 3.63) is 30.6 Å². The summed E-state index contributed by atoms with van der Waals surface area (Å²) in [6.07, 6.45) is 6.00. The number of H-pyrrole nitrogens is 1. The molecule has 2 heterocycles. The third-order valence-electron chi connectivity index (χ3n) is 12.7. The van der Waals surface area contributed by atoms with Crippen LogP contribution in [-0.4, -0.2) is 62.7 Å². The first kappa shape index (κ1) is 39.8. The van der Waals surface area contributed by atoms with Crippen LogP contribution in [0.3, 0.4) is 0 Å². The molecule has 6 rings (SSSR count). The maximum absolute atomic E-state index is 13.2. The fraction of sp³-hybridized carbons (Fsp3) is 0.806. The molecule has 4 saturated carbocycles. The van der Waals surface area contributed by atoms with Crippen molar-refractivity contribution in [1.29, 1.82) is 0 Å². The number of carbonyl (C=O) groups is 3. The standard InChI is InChI=1S/C36H52IN2O12P/c1-34(2,3)51-52(45,46)47-19-27-26(17-29(48-27)39-18-25(37)32(43)38-33(39)44)49-30(41)10-11-31(42)50-28-9-8-23-22-7-6-20-16-21(40)12-14-35(20,4)24(22)13-15-36(23,28)5/h18,20,22-24,26-29H,6-17,19H2,1-5H3,(H,45,46)(H,38,43,44)/t20-,22-,23-,24-,26-,27+,28-,29+,35-,36-/m0/s1/i37-2. The lowest BCUT2D eigenvalue weighted by molar-refractivity contribution is -0.167. The highest BCUT2D eigenvalue weighted by Gasteiger charge is 2.61. The van der Waals surface area contributed by atoms with Crippen molar-refractivity contribution >= 4 is 48.1 Å². The molecule has 0 amide bonds. The van der Waals surface area contributed by atoms with E-state index in [1.807, 2.05) is 0 Å². The molecule has 290 valence electrons. The number of aromatic nitrogens is 2. The lowest BCUT2D eigenvalue weighted by Crippen LogP contribution is -2.54. The molecule has 1 unspecified atom stereocenters. The third kappa shape index (κ3) is 8.34. The van der Waals surface area contributed by atoms with Crippen LogP contribution in [0.2, 0.25) is 0 Å². The monoisotopic (exact) mass is 860 g/mol. The van der Waals surface area contributed by atoms with Gasteiger partial charge in [0.25, 0.3) is 5.56 Å². The van der Waals surface area contributed by atoms with Gasteiger partial charge in [0.1, 0.15) is 30.3 Å². The Morgan fingerprint density at radius 2 is 1.71 bits per heavy atom. The van der Waals surface area contributed by atoms with Crippen molar-refractivity contribution in [3.63, 3.8) is 0 Å². The molecule has 0 spiro atoms. The van der Waals surface area contributed by atoms with Crippen LogP contribution in [0.4, 0.5) is 0 Å². The summed E-state index contributed by atoms with van der Waals surface area (Å²) in [4.78, 5) is 75.5. The van der Waals surface area contributed by atoms with Crippen LogP contribution in [0.25, 0.3) is 0 Å². The van der Waals surface area contributed by atoms with E-state index in [-0.39, 0.29) is 39.8 Å². The van der Waals surface area contributed by atoms with E-state index in [0.29, 0.717) is 35.9 Å². The van der Waals surface area contributed by atoms with Gasteiger partial charge in [0.15, 0.2) is 0 Å². The number of fused-ring (bicyclic) bond motifs is 5. The summed E-state index contributed by atoms with van der Waals surface area (Å²) < 4.78 is 42.0. The Bertz CT molecular complexity index is 1720. The minimum atomic E-state index is -4.53. The Labute approximate surface area is 317 Å². The second-order valence-corrected chi connectivity index (χ2v) is 19.5. The average Bonchev–Trinajstić information content (AvgIpc) is 3.60. The maximum Gasteiger partial charge on any atom is 0.472 e. The molecule has 2 N–H and O–H groups in total. The number of nitrogens with one attached hydrogen (secondary N) is 1. The Kier molecular flexibility index (Phi) is 11.4. The zero-order valence-corrected chi connectivity index (χ0v) is 33.7. The van der Waals surface area contributed by atoms with Crippen molar-refractivity contribution in [3.8, 4) is 0 Å². The van der Waals surface area contributed by atoms with Gasteiger partial charge in [-0.15, -0.1) is 0 Å². The Morgan fingerprint density at radius 3 is 2.42 bits per heavy atom. The molecule has 0 aromatic carbocycles. The van der Waals surface area contributed by atoms with Crippen molar-refractivity contribution in [1.82, 2.24) is 9.55 Å². The van der Waals surface area contributed by atoms with Crippen LogP contribution in [0.5, 0.6) is 0 Å². The Balaban J connectivity index is 1.05. The molecule has 52 heavy (non-hydrogen) atoms. The number of hydrogen-bond donors (Lipinski definition) is 2. The van der Waals surface area contributed by atoms with Crippen LogP contribution < -0.4 is 11.2 Å². The Hall–Kier alpha value is -1.91. The molecule has 1 aromatic heterocycles. The van der Waals surface area contributed by atoms with Gasteiger partial charge in [-0.25, -0.2) is 9.36 Å². The first-order chi connectivity index (χ1) is 24.3. The number of ether oxygens (including phenoxy) is 3. The van der Waals surface area contributed by atoms with Crippen molar-refractivity contribution in [2.75, 3.05) is 6.61 Å². The SMILES string of the molecule is CC(C)(C)OP(=O)(O)OC[C@H]1O[C@@H](n2cc([125I])c(=O)[nH]c2=O)C[C@@H]1OC(=O)CCC(=O)O[C@H]1CC[C@H]2[C@@H]3CC[C@H]4CC(=O)CC[C@]4(C)[C@H]3CC[C@]12C. The minimum absolute atomic E-state index is 0.0256. The molecular weight excluding hydrogens is 808 g/mol. The van der Waals surface area contributed by atoms with Gasteiger partial charge >= 0.3 is 25.5 Å². The number of halogens is 1. The quantitative estimate of drug-likeness (QED) is 0.169. The number of phosphoric ester groups is 1. The van der Waals surface area contributed by atoms with E-state index in [2.05, 4.69) is 18.8 Å². The average molecular weight is 861 g/mol. The van der Waals surface area contributed by atoms with Crippen LogP contribution in [0, 0.1) is 38.1 Å². The largest absolute Gasteiger partial charge is 0.472 e. The molecule has 5 aliphatic rings. The summed E-state index contributed by atoms with van der Waals surface area (Å²) in [5.74, 6) is 1.33. The second kappa shape index (κ2) is 15.0. The molecule has 0 bridgehead atoms. The van der Waals surface area contributed by atoms with Crippen molar-refractivity contribution in [2.24, 2.45) is 34.5 Å². The normalized spacial score (nSPS) is 37.0. The first-order valence-electron chi connectivity index (χ1n) is 18.5. The van der Waals surface area contributed by atoms with Gasteiger partial charge < -0.3 is 19.1 Å². The van der Waals surface area contributed by atoms with Gasteiger partial charge in [0.2, 0.25) is 0 Å². The van der Waals surface area contributed by atoms with Crippen LogP contribution >= 0.6 is 30.4 Å². The van der Waals surface area contributed by atoms with E-state index in [4.69, 9.17) is 23.3 Å². The molecule has 14 nitrogen and oxygen atoms in total. The second-order valence-electron chi connectivity index (χ2n) is 17.0. The van der Waals surface area contributed by atoms with E-state index in [0.717, 1.165) is 55.9 Å². The molecular formula is C36H52IN2O12P. The summed E-state index contributed by atoms with van der Waals surface area (Å²) in [5.41, 5.74) is -2.22. The zero-order valence-electron chi connectivity index (χ0n) is 30.6. The smallest absolute Gasteiger partial charge is 0.462 e. The number of carbonyl (C=O) groups excluding carboxylic acids is 3. The molecule has 1 saturated heterocycles. The summed E-state index contributed by atoms with van der Waals surface area (Å²) >= 11 is 1.77.